The van der Waals surface area contributed by atoms with Gasteiger partial charge in [-0.15, -0.1) is 0 Å². The monoisotopic (exact) mass is 329 g/mol. The van der Waals surface area contributed by atoms with Gasteiger partial charge in [0.25, 0.3) is 5.91 Å². The summed E-state index contributed by atoms with van der Waals surface area (Å²) < 4.78 is 5.27. The Morgan fingerprint density at radius 2 is 1.79 bits per heavy atom. The highest BCUT2D eigenvalue weighted by Crippen LogP contribution is 2.20. The molecule has 2 heterocycles. The highest BCUT2D eigenvalue weighted by Gasteiger charge is 2.29. The van der Waals surface area contributed by atoms with Gasteiger partial charge in [-0.2, -0.15) is 0 Å². The number of nitrogens with zero attached hydrogens (tertiary/aromatic N) is 3. The van der Waals surface area contributed by atoms with Gasteiger partial charge in [0.15, 0.2) is 12.0 Å². The van der Waals surface area contributed by atoms with Crippen molar-refractivity contribution < 1.29 is 14.0 Å². The number of rotatable bonds is 1. The van der Waals surface area contributed by atoms with E-state index >= 15 is 0 Å². The summed E-state index contributed by atoms with van der Waals surface area (Å²) in [5.41, 5.74) is 1.55. The molecule has 1 fully saturated rings. The summed E-state index contributed by atoms with van der Waals surface area (Å²) in [6.45, 7) is 8.25. The van der Waals surface area contributed by atoms with E-state index in [1.807, 2.05) is 30.6 Å². The predicted octanol–water partition coefficient (Wildman–Crippen LogP) is 2.55. The SMILES string of the molecule is CC(C)(C)C(=O)N1CCCN(C(=O)c2ccc3ncoc3c2)CC1. The minimum Gasteiger partial charge on any atom is -0.443 e. The standard InChI is InChI=1S/C18H23N3O3/c1-18(2,3)17(23)21-8-4-7-20(9-10-21)16(22)13-5-6-14-15(11-13)24-12-19-14/h5-6,11-12H,4,7-10H2,1-3H3. The van der Waals surface area contributed by atoms with E-state index in [2.05, 4.69) is 4.98 Å². The molecule has 0 aliphatic carbocycles. The lowest BCUT2D eigenvalue weighted by atomic mass is 9.94. The molecular formula is C18H23N3O3. The zero-order valence-electron chi connectivity index (χ0n) is 14.4. The molecular weight excluding hydrogens is 306 g/mol. The van der Waals surface area contributed by atoms with Gasteiger partial charge in [-0.1, -0.05) is 20.8 Å². The van der Waals surface area contributed by atoms with E-state index in [1.54, 1.807) is 18.2 Å². The van der Waals surface area contributed by atoms with Crippen LogP contribution in [0.5, 0.6) is 0 Å². The van der Waals surface area contributed by atoms with Gasteiger partial charge in [0.05, 0.1) is 0 Å². The van der Waals surface area contributed by atoms with Crippen LogP contribution in [0.1, 0.15) is 37.6 Å². The maximum atomic E-state index is 12.8. The van der Waals surface area contributed by atoms with Crippen LogP contribution < -0.4 is 0 Å². The Balaban J connectivity index is 1.71. The zero-order chi connectivity index (χ0) is 17.3. The molecule has 0 spiro atoms. The third kappa shape index (κ3) is 3.27. The Kier molecular flexibility index (Phi) is 4.30. The Hall–Kier alpha value is -2.37. The topological polar surface area (TPSA) is 66.7 Å². The van der Waals surface area contributed by atoms with Gasteiger partial charge in [-0.3, -0.25) is 9.59 Å². The molecule has 6 nitrogen and oxygen atoms in total. The number of carbonyl (C=O) groups excluding carboxylic acids is 2. The van der Waals surface area contributed by atoms with Crippen molar-refractivity contribution >= 4 is 22.9 Å². The van der Waals surface area contributed by atoms with Gasteiger partial charge < -0.3 is 14.2 Å². The molecule has 1 aromatic heterocycles. The highest BCUT2D eigenvalue weighted by atomic mass is 16.3. The second-order valence-corrected chi connectivity index (χ2v) is 7.22. The molecule has 128 valence electrons. The fourth-order valence-corrected chi connectivity index (χ4v) is 2.97. The Morgan fingerprint density at radius 3 is 2.54 bits per heavy atom. The molecule has 2 amide bonds. The van der Waals surface area contributed by atoms with Crippen molar-refractivity contribution in [1.82, 2.24) is 14.8 Å². The molecule has 2 aromatic rings. The smallest absolute Gasteiger partial charge is 0.254 e. The molecule has 1 aromatic carbocycles. The first-order chi connectivity index (χ1) is 11.4. The van der Waals surface area contributed by atoms with Crippen molar-refractivity contribution in [3.63, 3.8) is 0 Å². The van der Waals surface area contributed by atoms with Crippen molar-refractivity contribution in [2.24, 2.45) is 5.41 Å². The van der Waals surface area contributed by atoms with Gasteiger partial charge in [0.2, 0.25) is 5.91 Å². The molecule has 0 N–H and O–H groups in total. The van der Waals surface area contributed by atoms with E-state index in [0.717, 1.165) is 11.9 Å². The van der Waals surface area contributed by atoms with Crippen molar-refractivity contribution in [2.75, 3.05) is 26.2 Å². The molecule has 24 heavy (non-hydrogen) atoms. The van der Waals surface area contributed by atoms with Crippen molar-refractivity contribution in [1.29, 1.82) is 0 Å². The number of amides is 2. The van der Waals surface area contributed by atoms with Gasteiger partial charge in [-0.05, 0) is 24.6 Å². The third-order valence-electron chi connectivity index (χ3n) is 4.29. The molecule has 3 rings (SSSR count). The minimum absolute atomic E-state index is 0.0293. The molecule has 1 saturated heterocycles. The lowest BCUT2D eigenvalue weighted by Crippen LogP contribution is -2.42. The second-order valence-electron chi connectivity index (χ2n) is 7.22. The number of aromatic nitrogens is 1. The van der Waals surface area contributed by atoms with E-state index in [9.17, 15) is 9.59 Å². The summed E-state index contributed by atoms with van der Waals surface area (Å²) in [4.78, 5) is 32.9. The summed E-state index contributed by atoms with van der Waals surface area (Å²) >= 11 is 0. The van der Waals surface area contributed by atoms with Crippen LogP contribution in [-0.4, -0.2) is 52.8 Å². The van der Waals surface area contributed by atoms with Gasteiger partial charge in [0, 0.05) is 37.2 Å². The molecule has 0 saturated carbocycles. The number of benzene rings is 1. The molecule has 1 aliphatic heterocycles. The number of hydrogen-bond donors (Lipinski definition) is 0. The zero-order valence-corrected chi connectivity index (χ0v) is 14.4. The average molecular weight is 329 g/mol. The average Bonchev–Trinajstić information content (AvgIpc) is 2.87. The van der Waals surface area contributed by atoms with Crippen LogP contribution in [0.15, 0.2) is 29.0 Å². The van der Waals surface area contributed by atoms with Gasteiger partial charge in [-0.25, -0.2) is 4.98 Å². The fourth-order valence-electron chi connectivity index (χ4n) is 2.97. The summed E-state index contributed by atoms with van der Waals surface area (Å²) in [6, 6.07) is 5.29. The first kappa shape index (κ1) is 16.5. The van der Waals surface area contributed by atoms with E-state index in [4.69, 9.17) is 4.42 Å². The van der Waals surface area contributed by atoms with Crippen LogP contribution in [0, 0.1) is 5.41 Å². The van der Waals surface area contributed by atoms with Crippen molar-refractivity contribution in [3.8, 4) is 0 Å². The number of carbonyl (C=O) groups is 2. The van der Waals surface area contributed by atoms with Crippen molar-refractivity contribution in [3.05, 3.63) is 30.2 Å². The normalized spacial score (nSPS) is 16.3. The lowest BCUT2D eigenvalue weighted by molar-refractivity contribution is -0.139. The Morgan fingerprint density at radius 1 is 1.08 bits per heavy atom. The van der Waals surface area contributed by atoms with Gasteiger partial charge >= 0.3 is 0 Å². The molecule has 0 atom stereocenters. The maximum absolute atomic E-state index is 12.8. The van der Waals surface area contributed by atoms with Gasteiger partial charge in [0.1, 0.15) is 5.52 Å². The van der Waals surface area contributed by atoms with E-state index in [0.29, 0.717) is 37.3 Å². The molecule has 0 unspecified atom stereocenters. The highest BCUT2D eigenvalue weighted by molar-refractivity contribution is 5.97. The summed E-state index contributed by atoms with van der Waals surface area (Å²) in [7, 11) is 0. The second kappa shape index (κ2) is 6.26. The summed E-state index contributed by atoms with van der Waals surface area (Å²) in [6.07, 6.45) is 2.17. The molecule has 1 aliphatic rings. The maximum Gasteiger partial charge on any atom is 0.254 e. The van der Waals surface area contributed by atoms with E-state index in [1.165, 1.54) is 6.39 Å². The number of fused-ring (bicyclic) bond motifs is 1. The van der Waals surface area contributed by atoms with Crippen LogP contribution in [0.25, 0.3) is 11.1 Å². The first-order valence-electron chi connectivity index (χ1n) is 8.28. The van der Waals surface area contributed by atoms with Crippen LogP contribution in [0.2, 0.25) is 0 Å². The Labute approximate surface area is 141 Å². The van der Waals surface area contributed by atoms with Crippen LogP contribution in [-0.2, 0) is 4.79 Å². The van der Waals surface area contributed by atoms with Crippen LogP contribution >= 0.6 is 0 Å². The third-order valence-corrected chi connectivity index (χ3v) is 4.29. The van der Waals surface area contributed by atoms with Crippen LogP contribution in [0.4, 0.5) is 0 Å². The largest absolute Gasteiger partial charge is 0.443 e. The fraction of sp³-hybridized carbons (Fsp3) is 0.500. The summed E-state index contributed by atoms with van der Waals surface area (Å²) in [5, 5.41) is 0. The number of oxazole rings is 1. The molecule has 0 bridgehead atoms. The minimum atomic E-state index is -0.392. The number of hydrogen-bond acceptors (Lipinski definition) is 4. The lowest BCUT2D eigenvalue weighted by Gasteiger charge is -2.28. The van der Waals surface area contributed by atoms with E-state index < -0.39 is 5.41 Å². The van der Waals surface area contributed by atoms with Crippen LogP contribution in [0.3, 0.4) is 0 Å². The Bertz CT molecular complexity index is 760. The molecule has 6 heteroatoms. The first-order valence-corrected chi connectivity index (χ1v) is 8.28. The molecule has 0 radical (unpaired) electrons. The summed E-state index contributed by atoms with van der Waals surface area (Å²) in [5.74, 6) is 0.109. The van der Waals surface area contributed by atoms with Crippen molar-refractivity contribution in [2.45, 2.75) is 27.2 Å². The quantitative estimate of drug-likeness (QED) is 0.806. The predicted molar refractivity (Wildman–Crippen MR) is 90.6 cm³/mol. The van der Waals surface area contributed by atoms with E-state index in [-0.39, 0.29) is 11.8 Å².